The lowest BCUT2D eigenvalue weighted by molar-refractivity contribution is -0.150. The van der Waals surface area contributed by atoms with E-state index in [1.807, 2.05) is 0 Å². The average molecular weight is 486 g/mol. The first-order valence-corrected chi connectivity index (χ1v) is 10.4. The molecule has 1 heterocycles. The molecular weight excluding hydrogens is 466 g/mol. The molecule has 0 N–H and O–H groups in total. The Morgan fingerprint density at radius 3 is 2.52 bits per heavy atom. The van der Waals surface area contributed by atoms with E-state index in [2.05, 4.69) is 15.9 Å². The number of nitrogens with zero attached hydrogens (tertiary/aromatic N) is 1. The van der Waals surface area contributed by atoms with Gasteiger partial charge < -0.3 is 14.2 Å². The van der Waals surface area contributed by atoms with Crippen LogP contribution < -0.4 is 4.74 Å². The highest BCUT2D eigenvalue weighted by Crippen LogP contribution is 2.35. The quantitative estimate of drug-likeness (QED) is 0.408. The molecular formula is C19H20BrNO7S. The minimum Gasteiger partial charge on any atom is -0.481 e. The van der Waals surface area contributed by atoms with Gasteiger partial charge in [0.15, 0.2) is 6.61 Å². The Bertz CT molecular complexity index is 855. The van der Waals surface area contributed by atoms with Crippen LogP contribution in [-0.4, -0.2) is 53.8 Å². The summed E-state index contributed by atoms with van der Waals surface area (Å²) in [7, 11) is 0. The van der Waals surface area contributed by atoms with E-state index < -0.39 is 29.1 Å². The zero-order valence-electron chi connectivity index (χ0n) is 16.1. The van der Waals surface area contributed by atoms with Gasteiger partial charge in [-0.3, -0.25) is 14.5 Å². The van der Waals surface area contributed by atoms with Gasteiger partial charge in [0, 0.05) is 0 Å². The van der Waals surface area contributed by atoms with Crippen molar-refractivity contribution in [3.63, 3.8) is 0 Å². The molecule has 0 bridgehead atoms. The van der Waals surface area contributed by atoms with E-state index in [1.165, 1.54) is 6.92 Å². The molecule has 0 saturated carbocycles. The molecule has 0 unspecified atom stereocenters. The fraction of sp³-hybridized carbons (Fsp3) is 0.368. The van der Waals surface area contributed by atoms with Crippen LogP contribution in [0.25, 0.3) is 6.08 Å². The van der Waals surface area contributed by atoms with Crippen molar-refractivity contribution >= 4 is 56.9 Å². The van der Waals surface area contributed by atoms with Crippen LogP contribution in [0.4, 0.5) is 4.79 Å². The van der Waals surface area contributed by atoms with Crippen molar-refractivity contribution in [2.24, 2.45) is 0 Å². The second kappa shape index (κ2) is 10.4. The molecule has 1 saturated heterocycles. The third-order valence-corrected chi connectivity index (χ3v) is 5.25. The smallest absolute Gasteiger partial charge is 0.344 e. The lowest BCUT2D eigenvalue weighted by atomic mass is 10.2. The maximum atomic E-state index is 12.6. The molecule has 1 aliphatic heterocycles. The second-order valence-corrected chi connectivity index (χ2v) is 7.61. The Balaban J connectivity index is 2.12. The Morgan fingerprint density at radius 2 is 1.90 bits per heavy atom. The van der Waals surface area contributed by atoms with E-state index in [1.54, 1.807) is 38.1 Å². The molecule has 10 heteroatoms. The van der Waals surface area contributed by atoms with Gasteiger partial charge in [-0.1, -0.05) is 6.07 Å². The average Bonchev–Trinajstić information content (AvgIpc) is 2.94. The molecule has 0 aliphatic carbocycles. The van der Waals surface area contributed by atoms with Crippen LogP contribution in [-0.2, 0) is 23.9 Å². The van der Waals surface area contributed by atoms with Crippen LogP contribution in [0.5, 0.6) is 5.75 Å². The normalized spacial score (nSPS) is 16.1. The molecule has 8 nitrogen and oxygen atoms in total. The molecule has 0 aromatic heterocycles. The van der Waals surface area contributed by atoms with Gasteiger partial charge in [-0.2, -0.15) is 0 Å². The van der Waals surface area contributed by atoms with Crippen LogP contribution in [0.2, 0.25) is 0 Å². The first-order valence-electron chi connectivity index (χ1n) is 8.80. The minimum absolute atomic E-state index is 0.161. The summed E-state index contributed by atoms with van der Waals surface area (Å²) < 4.78 is 15.6. The van der Waals surface area contributed by atoms with E-state index in [-0.39, 0.29) is 24.7 Å². The van der Waals surface area contributed by atoms with Gasteiger partial charge in [0.05, 0.1) is 22.6 Å². The summed E-state index contributed by atoms with van der Waals surface area (Å²) in [5, 5.41) is -0.532. The van der Waals surface area contributed by atoms with Crippen molar-refractivity contribution < 1.29 is 33.4 Å². The Morgan fingerprint density at radius 1 is 1.21 bits per heavy atom. The van der Waals surface area contributed by atoms with Gasteiger partial charge in [0.1, 0.15) is 11.8 Å². The molecule has 1 aromatic carbocycles. The van der Waals surface area contributed by atoms with E-state index in [0.717, 1.165) is 16.7 Å². The standard InChI is InChI=1S/C19H20BrNO7S/c1-4-26-16(22)10-28-14-7-6-12(8-13(14)20)9-15-17(23)21(19(25)29-15)11(3)18(24)27-5-2/h6-9,11H,4-5,10H2,1-3H3/b15-9+/t11-/m0/s1. The number of esters is 2. The number of carbonyl (C=O) groups is 4. The van der Waals surface area contributed by atoms with Crippen molar-refractivity contribution in [2.75, 3.05) is 19.8 Å². The highest BCUT2D eigenvalue weighted by Gasteiger charge is 2.41. The maximum absolute atomic E-state index is 12.6. The lowest BCUT2D eigenvalue weighted by Crippen LogP contribution is -2.42. The number of hydrogen-bond acceptors (Lipinski definition) is 8. The fourth-order valence-electron chi connectivity index (χ4n) is 2.40. The van der Waals surface area contributed by atoms with Crippen LogP contribution in [0.15, 0.2) is 27.6 Å². The van der Waals surface area contributed by atoms with Crippen LogP contribution in [0.3, 0.4) is 0 Å². The number of amides is 2. The van der Waals surface area contributed by atoms with Gasteiger partial charge in [0.2, 0.25) is 0 Å². The zero-order chi connectivity index (χ0) is 21.6. The molecule has 1 aromatic rings. The molecule has 1 atom stereocenters. The van der Waals surface area contributed by atoms with Gasteiger partial charge >= 0.3 is 11.9 Å². The van der Waals surface area contributed by atoms with Crippen molar-refractivity contribution in [1.82, 2.24) is 4.90 Å². The third kappa shape index (κ3) is 5.83. The first-order chi connectivity index (χ1) is 13.8. The van der Waals surface area contributed by atoms with E-state index >= 15 is 0 Å². The third-order valence-electron chi connectivity index (χ3n) is 3.74. The molecule has 2 rings (SSSR count). The number of ether oxygens (including phenoxy) is 3. The lowest BCUT2D eigenvalue weighted by Gasteiger charge is -2.19. The second-order valence-electron chi connectivity index (χ2n) is 5.76. The van der Waals surface area contributed by atoms with Crippen LogP contribution >= 0.6 is 27.7 Å². The van der Waals surface area contributed by atoms with Gasteiger partial charge in [-0.15, -0.1) is 0 Å². The van der Waals surface area contributed by atoms with Gasteiger partial charge in [0.25, 0.3) is 11.1 Å². The summed E-state index contributed by atoms with van der Waals surface area (Å²) in [5.41, 5.74) is 0.634. The Hall–Kier alpha value is -2.33. The predicted molar refractivity (Wildman–Crippen MR) is 110 cm³/mol. The van der Waals surface area contributed by atoms with Crippen molar-refractivity contribution in [2.45, 2.75) is 26.8 Å². The van der Waals surface area contributed by atoms with Gasteiger partial charge in [-0.25, -0.2) is 9.59 Å². The van der Waals surface area contributed by atoms with Crippen LogP contribution in [0, 0.1) is 0 Å². The molecule has 2 amide bonds. The predicted octanol–water partition coefficient (Wildman–Crippen LogP) is 3.38. The van der Waals surface area contributed by atoms with Crippen molar-refractivity contribution in [3.05, 3.63) is 33.1 Å². The Labute approximate surface area is 180 Å². The summed E-state index contributed by atoms with van der Waals surface area (Å²) >= 11 is 4.10. The van der Waals surface area contributed by atoms with E-state index in [9.17, 15) is 19.2 Å². The number of thioether (sulfide) groups is 1. The number of halogens is 1. The zero-order valence-corrected chi connectivity index (χ0v) is 18.5. The summed E-state index contributed by atoms with van der Waals surface area (Å²) in [6.07, 6.45) is 1.54. The van der Waals surface area contributed by atoms with Crippen molar-refractivity contribution in [1.29, 1.82) is 0 Å². The van der Waals surface area contributed by atoms with Gasteiger partial charge in [-0.05, 0) is 72.2 Å². The molecule has 156 valence electrons. The number of benzene rings is 1. The van der Waals surface area contributed by atoms with Crippen molar-refractivity contribution in [3.8, 4) is 5.75 Å². The number of hydrogen-bond donors (Lipinski definition) is 0. The van der Waals surface area contributed by atoms with E-state index in [0.29, 0.717) is 15.8 Å². The number of rotatable bonds is 8. The highest BCUT2D eigenvalue weighted by atomic mass is 79.9. The summed E-state index contributed by atoms with van der Waals surface area (Å²) in [5.74, 6) is -1.24. The maximum Gasteiger partial charge on any atom is 0.344 e. The SMILES string of the molecule is CCOC(=O)COc1ccc(/C=C2/SC(=O)N([C@@H](C)C(=O)OCC)C2=O)cc1Br. The topological polar surface area (TPSA) is 99.2 Å². The summed E-state index contributed by atoms with van der Waals surface area (Å²) in [6, 6.07) is 3.98. The molecule has 1 fully saturated rings. The minimum atomic E-state index is -1.00. The van der Waals surface area contributed by atoms with Crippen LogP contribution in [0.1, 0.15) is 26.3 Å². The molecule has 0 spiro atoms. The molecule has 1 aliphatic rings. The summed E-state index contributed by atoms with van der Waals surface area (Å²) in [4.78, 5) is 49.1. The monoisotopic (exact) mass is 485 g/mol. The fourth-order valence-corrected chi connectivity index (χ4v) is 3.82. The first kappa shape index (κ1) is 23.0. The Kier molecular flexibility index (Phi) is 8.27. The summed E-state index contributed by atoms with van der Waals surface area (Å²) in [6.45, 7) is 5.01. The number of carbonyl (C=O) groups excluding carboxylic acids is 4. The molecule has 0 radical (unpaired) electrons. The largest absolute Gasteiger partial charge is 0.481 e. The molecule has 29 heavy (non-hydrogen) atoms. The highest BCUT2D eigenvalue weighted by molar-refractivity contribution is 9.10. The number of imide groups is 1. The van der Waals surface area contributed by atoms with E-state index in [4.69, 9.17) is 14.2 Å².